The van der Waals surface area contributed by atoms with Crippen molar-refractivity contribution >= 4 is 5.57 Å². The van der Waals surface area contributed by atoms with E-state index in [0.29, 0.717) is 0 Å². The van der Waals surface area contributed by atoms with E-state index in [2.05, 4.69) is 42.8 Å². The van der Waals surface area contributed by atoms with Gasteiger partial charge in [-0.25, -0.2) is 0 Å². The third-order valence-electron chi connectivity index (χ3n) is 2.16. The first kappa shape index (κ1) is 11.6. The van der Waals surface area contributed by atoms with Crippen molar-refractivity contribution in [2.45, 2.75) is 19.9 Å². The lowest BCUT2D eigenvalue weighted by Crippen LogP contribution is -2.25. The van der Waals surface area contributed by atoms with Gasteiger partial charge in [0.1, 0.15) is 0 Å². The fraction of sp³-hybridized carbons (Fsp3) is 0.286. The molecule has 78 valence electrons. The number of hydrogen-bond acceptors (Lipinski definition) is 1. The van der Waals surface area contributed by atoms with Gasteiger partial charge < -0.3 is 0 Å². The van der Waals surface area contributed by atoms with E-state index in [0.717, 1.165) is 12.1 Å². The fourth-order valence-electron chi connectivity index (χ4n) is 1.32. The molecule has 1 N–H and O–H groups in total. The predicted molar refractivity (Wildman–Crippen MR) is 66.4 cm³/mol. The highest BCUT2D eigenvalue weighted by atomic mass is 14.9. The molecule has 0 aromatic heterocycles. The molecular formula is C14H17N. The topological polar surface area (TPSA) is 12.0 Å². The van der Waals surface area contributed by atoms with Gasteiger partial charge >= 0.3 is 0 Å². The lowest BCUT2D eigenvalue weighted by molar-refractivity contribution is 0.709. The van der Waals surface area contributed by atoms with Crippen LogP contribution in [0.25, 0.3) is 5.57 Å². The molecular weight excluding hydrogens is 182 g/mol. The van der Waals surface area contributed by atoms with Gasteiger partial charge in [-0.15, -0.1) is 5.92 Å². The summed E-state index contributed by atoms with van der Waals surface area (Å²) in [5.74, 6) is 5.94. The number of rotatable bonds is 4. The largest absolute Gasteiger partial charge is 0.300 e. The second kappa shape index (κ2) is 6.06. The predicted octanol–water partition coefficient (Wildman–Crippen LogP) is 2.70. The van der Waals surface area contributed by atoms with Crippen LogP contribution in [-0.2, 0) is 0 Å². The Morgan fingerprint density at radius 2 is 2.07 bits per heavy atom. The summed E-state index contributed by atoms with van der Waals surface area (Å²) in [6.07, 6.45) is 0. The van der Waals surface area contributed by atoms with Gasteiger partial charge in [-0.2, -0.15) is 0 Å². The molecule has 0 amide bonds. The van der Waals surface area contributed by atoms with E-state index in [1.165, 1.54) is 5.56 Å². The molecule has 0 fully saturated rings. The van der Waals surface area contributed by atoms with Crippen molar-refractivity contribution in [1.29, 1.82) is 0 Å². The average molecular weight is 199 g/mol. The zero-order valence-corrected chi connectivity index (χ0v) is 9.38. The second-order valence-electron chi connectivity index (χ2n) is 3.47. The van der Waals surface area contributed by atoms with Gasteiger partial charge in [-0.3, -0.25) is 5.32 Å². The Kier molecular flexibility index (Phi) is 4.66. The Morgan fingerprint density at radius 3 is 2.67 bits per heavy atom. The van der Waals surface area contributed by atoms with Crippen LogP contribution in [0.15, 0.2) is 36.9 Å². The Morgan fingerprint density at radius 1 is 1.40 bits per heavy atom. The molecule has 15 heavy (non-hydrogen) atoms. The summed E-state index contributed by atoms with van der Waals surface area (Å²) < 4.78 is 0. The van der Waals surface area contributed by atoms with Gasteiger partial charge in [0.2, 0.25) is 0 Å². The van der Waals surface area contributed by atoms with Crippen LogP contribution in [0.2, 0.25) is 0 Å². The molecule has 1 aromatic rings. The Hall–Kier alpha value is -1.52. The second-order valence-corrected chi connectivity index (χ2v) is 3.47. The van der Waals surface area contributed by atoms with Crippen LogP contribution in [0.1, 0.15) is 19.4 Å². The van der Waals surface area contributed by atoms with Crippen molar-refractivity contribution in [3.05, 3.63) is 42.5 Å². The summed E-state index contributed by atoms with van der Waals surface area (Å²) in [7, 11) is 0. The first-order valence-electron chi connectivity index (χ1n) is 5.13. The SMILES string of the molecule is C=C(CNC(C)C#CC)c1ccccc1. The van der Waals surface area contributed by atoms with Crippen LogP contribution in [-0.4, -0.2) is 12.6 Å². The summed E-state index contributed by atoms with van der Waals surface area (Å²) in [5, 5.41) is 3.31. The molecule has 0 aliphatic carbocycles. The highest BCUT2D eigenvalue weighted by Crippen LogP contribution is 2.09. The van der Waals surface area contributed by atoms with Crippen LogP contribution in [0.5, 0.6) is 0 Å². The molecule has 0 saturated heterocycles. The molecule has 0 aliphatic heterocycles. The van der Waals surface area contributed by atoms with Crippen LogP contribution in [0.3, 0.4) is 0 Å². The molecule has 0 heterocycles. The smallest absolute Gasteiger partial charge is 0.0663 e. The van der Waals surface area contributed by atoms with Crippen LogP contribution in [0.4, 0.5) is 0 Å². The highest BCUT2D eigenvalue weighted by Gasteiger charge is 1.99. The van der Waals surface area contributed by atoms with E-state index in [1.807, 2.05) is 25.1 Å². The first-order chi connectivity index (χ1) is 7.24. The molecule has 1 heteroatoms. The highest BCUT2D eigenvalue weighted by molar-refractivity contribution is 5.64. The summed E-state index contributed by atoms with van der Waals surface area (Å²) in [6.45, 7) is 8.73. The van der Waals surface area contributed by atoms with Crippen molar-refractivity contribution in [3.8, 4) is 11.8 Å². The minimum atomic E-state index is 0.218. The summed E-state index contributed by atoms with van der Waals surface area (Å²) in [4.78, 5) is 0. The summed E-state index contributed by atoms with van der Waals surface area (Å²) in [5.41, 5.74) is 2.28. The van der Waals surface area contributed by atoms with Crippen LogP contribution < -0.4 is 5.32 Å². The molecule has 0 spiro atoms. The zero-order valence-electron chi connectivity index (χ0n) is 9.38. The maximum absolute atomic E-state index is 4.05. The van der Waals surface area contributed by atoms with E-state index in [1.54, 1.807) is 0 Å². The van der Waals surface area contributed by atoms with Gasteiger partial charge in [0.25, 0.3) is 0 Å². The van der Waals surface area contributed by atoms with Gasteiger partial charge in [0.15, 0.2) is 0 Å². The molecule has 1 unspecified atom stereocenters. The lowest BCUT2D eigenvalue weighted by Gasteiger charge is -2.09. The molecule has 0 saturated carbocycles. The normalized spacial score (nSPS) is 11.3. The Labute approximate surface area is 92.2 Å². The van der Waals surface area contributed by atoms with E-state index in [-0.39, 0.29) is 6.04 Å². The molecule has 1 rings (SSSR count). The van der Waals surface area contributed by atoms with E-state index >= 15 is 0 Å². The van der Waals surface area contributed by atoms with Gasteiger partial charge in [-0.05, 0) is 25.0 Å². The fourth-order valence-corrected chi connectivity index (χ4v) is 1.32. The third-order valence-corrected chi connectivity index (χ3v) is 2.16. The maximum Gasteiger partial charge on any atom is 0.0663 e. The number of hydrogen-bond donors (Lipinski definition) is 1. The summed E-state index contributed by atoms with van der Waals surface area (Å²) in [6, 6.07) is 10.4. The quantitative estimate of drug-likeness (QED) is 0.735. The van der Waals surface area contributed by atoms with Crippen molar-refractivity contribution in [2.24, 2.45) is 0 Å². The van der Waals surface area contributed by atoms with Gasteiger partial charge in [0, 0.05) is 6.54 Å². The standard InChI is InChI=1S/C14H17N/c1-4-8-13(3)15-11-12(2)14-9-6-5-7-10-14/h5-7,9-10,13,15H,2,11H2,1,3H3. The Bertz CT molecular complexity index is 367. The molecule has 0 bridgehead atoms. The van der Waals surface area contributed by atoms with Crippen molar-refractivity contribution in [3.63, 3.8) is 0 Å². The van der Waals surface area contributed by atoms with E-state index in [4.69, 9.17) is 0 Å². The zero-order chi connectivity index (χ0) is 11.1. The molecule has 0 aliphatic rings. The molecule has 1 nitrogen and oxygen atoms in total. The minimum Gasteiger partial charge on any atom is -0.300 e. The van der Waals surface area contributed by atoms with E-state index < -0.39 is 0 Å². The third kappa shape index (κ3) is 4.01. The van der Waals surface area contributed by atoms with Gasteiger partial charge in [0.05, 0.1) is 6.04 Å². The average Bonchev–Trinajstić information content (AvgIpc) is 2.27. The molecule has 0 radical (unpaired) electrons. The molecule has 1 aromatic carbocycles. The van der Waals surface area contributed by atoms with Crippen LogP contribution in [0, 0.1) is 11.8 Å². The number of benzene rings is 1. The molecule has 1 atom stereocenters. The van der Waals surface area contributed by atoms with Crippen molar-refractivity contribution in [1.82, 2.24) is 5.32 Å². The van der Waals surface area contributed by atoms with Gasteiger partial charge in [-0.1, -0.05) is 42.8 Å². The van der Waals surface area contributed by atoms with Crippen LogP contribution >= 0.6 is 0 Å². The number of nitrogens with one attached hydrogen (secondary N) is 1. The first-order valence-corrected chi connectivity index (χ1v) is 5.13. The monoisotopic (exact) mass is 199 g/mol. The van der Waals surface area contributed by atoms with Crippen molar-refractivity contribution in [2.75, 3.05) is 6.54 Å². The summed E-state index contributed by atoms with van der Waals surface area (Å²) >= 11 is 0. The minimum absolute atomic E-state index is 0.218. The lowest BCUT2D eigenvalue weighted by atomic mass is 10.1. The van der Waals surface area contributed by atoms with Crippen molar-refractivity contribution < 1.29 is 0 Å². The Balaban J connectivity index is 2.46. The maximum atomic E-state index is 4.05. The van der Waals surface area contributed by atoms with E-state index in [9.17, 15) is 0 Å².